The summed E-state index contributed by atoms with van der Waals surface area (Å²) in [6, 6.07) is 13.4. The number of nitrogens with one attached hydrogen (secondary N) is 1. The highest BCUT2D eigenvalue weighted by molar-refractivity contribution is 9.10. The van der Waals surface area contributed by atoms with Crippen LogP contribution in [0.25, 0.3) is 0 Å². The second-order valence-corrected chi connectivity index (χ2v) is 13.0. The number of nitrogens with zero attached hydrogens (tertiary/aromatic N) is 1. The molecule has 0 bridgehead atoms. The van der Waals surface area contributed by atoms with Gasteiger partial charge >= 0.3 is 0 Å². The van der Waals surface area contributed by atoms with Crippen LogP contribution in [0.15, 0.2) is 57.9 Å². The number of piperidine rings is 1. The third kappa shape index (κ3) is 6.40. The minimum Gasteiger partial charge on any atom is -0.349 e. The Bertz CT molecular complexity index is 1170. The first-order valence-corrected chi connectivity index (χ1v) is 14.6. The van der Waals surface area contributed by atoms with Crippen LogP contribution in [0.4, 0.5) is 0 Å². The normalized spacial score (nSPS) is 17.1. The molecule has 10 heteroatoms. The van der Waals surface area contributed by atoms with E-state index in [0.29, 0.717) is 25.9 Å². The number of carbonyl (C=O) groups is 1. The van der Waals surface area contributed by atoms with Gasteiger partial charge in [0, 0.05) is 29.7 Å². The van der Waals surface area contributed by atoms with E-state index in [1.807, 2.05) is 13.0 Å². The Kier molecular flexibility index (Phi) is 7.80. The second-order valence-electron chi connectivity index (χ2n) is 8.13. The van der Waals surface area contributed by atoms with E-state index >= 15 is 0 Å². The molecule has 32 heavy (non-hydrogen) atoms. The van der Waals surface area contributed by atoms with Crippen LogP contribution >= 0.6 is 15.9 Å². The van der Waals surface area contributed by atoms with Crippen molar-refractivity contribution in [3.63, 3.8) is 0 Å². The monoisotopic (exact) mass is 542 g/mol. The average molecular weight is 544 g/mol. The molecule has 0 aromatic heterocycles. The van der Waals surface area contributed by atoms with Gasteiger partial charge in [-0.3, -0.25) is 4.79 Å². The van der Waals surface area contributed by atoms with Crippen LogP contribution in [0.1, 0.15) is 36.9 Å². The Morgan fingerprint density at radius 3 is 2.28 bits per heavy atom. The van der Waals surface area contributed by atoms with Crippen molar-refractivity contribution in [1.29, 1.82) is 0 Å². The maximum Gasteiger partial charge on any atom is 0.223 e. The van der Waals surface area contributed by atoms with Gasteiger partial charge in [-0.2, -0.15) is 0 Å². The van der Waals surface area contributed by atoms with Gasteiger partial charge in [-0.1, -0.05) is 40.2 Å². The highest BCUT2D eigenvalue weighted by Crippen LogP contribution is 2.24. The summed E-state index contributed by atoms with van der Waals surface area (Å²) in [5, 5.41) is 2.96. The van der Waals surface area contributed by atoms with Crippen molar-refractivity contribution in [2.75, 3.05) is 19.3 Å². The highest BCUT2D eigenvalue weighted by Gasteiger charge is 2.31. The number of rotatable bonds is 7. The van der Waals surface area contributed by atoms with Gasteiger partial charge in [0.1, 0.15) is 0 Å². The number of sulfone groups is 1. The fourth-order valence-corrected chi connectivity index (χ4v) is 6.37. The van der Waals surface area contributed by atoms with Crippen LogP contribution in [0.5, 0.6) is 0 Å². The minimum absolute atomic E-state index is 0.0657. The van der Waals surface area contributed by atoms with Crippen molar-refractivity contribution in [1.82, 2.24) is 9.62 Å². The summed E-state index contributed by atoms with van der Waals surface area (Å²) in [5.41, 5.74) is 1.52. The molecule has 1 aliphatic rings. The molecule has 1 N–H and O–H groups in total. The molecular weight excluding hydrogens is 516 g/mol. The molecule has 0 saturated carbocycles. The molecule has 1 amide bonds. The van der Waals surface area contributed by atoms with Crippen molar-refractivity contribution >= 4 is 41.7 Å². The first kappa shape index (κ1) is 24.9. The fourth-order valence-electron chi connectivity index (χ4n) is 3.74. The molecular formula is C22H27BrN2O5S2. The van der Waals surface area contributed by atoms with E-state index in [1.165, 1.54) is 16.4 Å². The summed E-state index contributed by atoms with van der Waals surface area (Å²) < 4.78 is 51.0. The number of amides is 1. The predicted octanol–water partition coefficient (Wildman–Crippen LogP) is 3.27. The van der Waals surface area contributed by atoms with Crippen LogP contribution in [-0.4, -0.2) is 46.4 Å². The molecule has 1 fully saturated rings. The van der Waals surface area contributed by atoms with E-state index in [2.05, 4.69) is 21.2 Å². The molecule has 0 radical (unpaired) electrons. The molecule has 0 aliphatic carbocycles. The molecule has 0 spiro atoms. The van der Waals surface area contributed by atoms with Gasteiger partial charge in [0.05, 0.1) is 16.7 Å². The molecule has 1 heterocycles. The number of carbonyl (C=O) groups excluding carboxylic acids is 1. The fraction of sp³-hybridized carbons (Fsp3) is 0.409. The SMILES string of the molecule is C[C@@H](NC(=O)C1CCN(S(=O)(=O)Cc2cccc(Br)c2)CC1)c1ccc(S(C)(=O)=O)cc1. The van der Waals surface area contributed by atoms with Crippen LogP contribution in [0.2, 0.25) is 0 Å². The van der Waals surface area contributed by atoms with Gasteiger partial charge in [-0.05, 0) is 55.2 Å². The van der Waals surface area contributed by atoms with Crippen LogP contribution in [-0.2, 0) is 30.4 Å². The van der Waals surface area contributed by atoms with Gasteiger partial charge in [0.2, 0.25) is 15.9 Å². The first-order chi connectivity index (χ1) is 15.0. The molecule has 1 saturated heterocycles. The summed E-state index contributed by atoms with van der Waals surface area (Å²) in [7, 11) is -6.72. The predicted molar refractivity (Wildman–Crippen MR) is 127 cm³/mol. The van der Waals surface area contributed by atoms with E-state index in [-0.39, 0.29) is 28.5 Å². The molecule has 1 aliphatic heterocycles. The van der Waals surface area contributed by atoms with E-state index < -0.39 is 19.9 Å². The lowest BCUT2D eigenvalue weighted by atomic mass is 9.96. The summed E-state index contributed by atoms with van der Waals surface area (Å²) in [5.74, 6) is -0.442. The maximum atomic E-state index is 12.8. The quantitative estimate of drug-likeness (QED) is 0.578. The minimum atomic E-state index is -3.45. The number of hydrogen-bond acceptors (Lipinski definition) is 5. The number of hydrogen-bond donors (Lipinski definition) is 1. The Balaban J connectivity index is 1.54. The Morgan fingerprint density at radius 1 is 1.09 bits per heavy atom. The lowest BCUT2D eigenvalue weighted by Gasteiger charge is -2.31. The van der Waals surface area contributed by atoms with Crippen LogP contribution < -0.4 is 5.32 Å². The Labute approximate surface area is 198 Å². The smallest absolute Gasteiger partial charge is 0.223 e. The summed E-state index contributed by atoms with van der Waals surface area (Å²) in [6.45, 7) is 2.46. The zero-order valence-electron chi connectivity index (χ0n) is 18.0. The van der Waals surface area contributed by atoms with Crippen molar-refractivity contribution in [3.8, 4) is 0 Å². The lowest BCUT2D eigenvalue weighted by Crippen LogP contribution is -2.43. The second kappa shape index (κ2) is 10.0. The molecule has 2 aromatic rings. The highest BCUT2D eigenvalue weighted by atomic mass is 79.9. The van der Waals surface area contributed by atoms with Gasteiger partial charge < -0.3 is 5.32 Å². The van der Waals surface area contributed by atoms with E-state index in [1.54, 1.807) is 30.3 Å². The molecule has 174 valence electrons. The van der Waals surface area contributed by atoms with E-state index in [4.69, 9.17) is 0 Å². The van der Waals surface area contributed by atoms with Crippen molar-refractivity contribution in [3.05, 3.63) is 64.1 Å². The van der Waals surface area contributed by atoms with Gasteiger partial charge in [0.15, 0.2) is 9.84 Å². The van der Waals surface area contributed by atoms with Crippen LogP contribution in [0.3, 0.4) is 0 Å². The molecule has 0 unspecified atom stereocenters. The number of halogens is 1. The topological polar surface area (TPSA) is 101 Å². The molecule has 3 rings (SSSR count). The average Bonchev–Trinajstić information content (AvgIpc) is 2.73. The summed E-state index contributed by atoms with van der Waals surface area (Å²) >= 11 is 3.36. The summed E-state index contributed by atoms with van der Waals surface area (Å²) in [6.07, 6.45) is 2.07. The van der Waals surface area contributed by atoms with E-state index in [9.17, 15) is 21.6 Å². The lowest BCUT2D eigenvalue weighted by molar-refractivity contribution is -0.126. The molecule has 2 aromatic carbocycles. The van der Waals surface area contributed by atoms with Crippen LogP contribution in [0, 0.1) is 5.92 Å². The van der Waals surface area contributed by atoms with Crippen molar-refractivity contribution in [2.24, 2.45) is 5.92 Å². The standard InChI is InChI=1S/C22H27BrN2O5S2/c1-16(18-6-8-21(9-7-18)31(2,27)28)24-22(26)19-10-12-25(13-11-19)32(29,30)15-17-4-3-5-20(23)14-17/h3-9,14,16,19H,10-13,15H2,1-2H3,(H,24,26)/t16-/m1/s1. The zero-order valence-corrected chi connectivity index (χ0v) is 21.2. The molecule has 1 atom stereocenters. The third-order valence-electron chi connectivity index (χ3n) is 5.62. The maximum absolute atomic E-state index is 12.8. The van der Waals surface area contributed by atoms with Gasteiger partial charge in [0.25, 0.3) is 0 Å². The summed E-state index contributed by atoms with van der Waals surface area (Å²) in [4.78, 5) is 12.9. The van der Waals surface area contributed by atoms with Gasteiger partial charge in [-0.25, -0.2) is 21.1 Å². The Morgan fingerprint density at radius 2 is 1.72 bits per heavy atom. The van der Waals surface area contributed by atoms with Gasteiger partial charge in [-0.15, -0.1) is 0 Å². The van der Waals surface area contributed by atoms with Crippen molar-refractivity contribution in [2.45, 2.75) is 36.5 Å². The largest absolute Gasteiger partial charge is 0.349 e. The number of benzene rings is 2. The number of sulfonamides is 1. The zero-order chi connectivity index (χ0) is 23.5. The van der Waals surface area contributed by atoms with E-state index in [0.717, 1.165) is 21.9 Å². The molecule has 7 nitrogen and oxygen atoms in total. The Hall–Kier alpha value is -1.75. The van der Waals surface area contributed by atoms with Crippen molar-refractivity contribution < 1.29 is 21.6 Å². The third-order valence-corrected chi connectivity index (χ3v) is 9.10. The first-order valence-electron chi connectivity index (χ1n) is 10.3.